The Morgan fingerprint density at radius 2 is 1.96 bits per heavy atom. The number of methoxy groups -OCH3 is 1. The van der Waals surface area contributed by atoms with Crippen LogP contribution in [0.1, 0.15) is 12.6 Å². The average Bonchev–Trinajstić information content (AvgIpc) is 3.14. The maximum Gasteiger partial charge on any atom is 0.325 e. The number of carbonyl (C=O) groups excluding carboxylic acids is 2. The van der Waals surface area contributed by atoms with Crippen molar-refractivity contribution in [1.29, 1.82) is 0 Å². The highest BCUT2D eigenvalue weighted by Gasteiger charge is 2.11. The number of carbonyl (C=O) groups is 2. The zero-order chi connectivity index (χ0) is 19.2. The summed E-state index contributed by atoms with van der Waals surface area (Å²) in [6, 6.07) is 12.0. The lowest BCUT2D eigenvalue weighted by Gasteiger charge is -2.04. The summed E-state index contributed by atoms with van der Waals surface area (Å²) >= 11 is 1.48. The van der Waals surface area contributed by atoms with Gasteiger partial charge in [-0.3, -0.25) is 9.59 Å². The molecule has 1 N–H and O–H groups in total. The van der Waals surface area contributed by atoms with Crippen molar-refractivity contribution < 1.29 is 19.1 Å². The molecule has 0 aliphatic carbocycles. The van der Waals surface area contributed by atoms with Crippen LogP contribution in [0, 0.1) is 0 Å². The fourth-order valence-electron chi connectivity index (χ4n) is 2.62. The first-order valence-corrected chi connectivity index (χ1v) is 9.42. The molecule has 0 unspecified atom stereocenters. The Hall–Kier alpha value is -2.93. The molecule has 3 rings (SSSR count). The van der Waals surface area contributed by atoms with Crippen molar-refractivity contribution in [1.82, 2.24) is 10.3 Å². The number of amides is 1. The summed E-state index contributed by atoms with van der Waals surface area (Å²) in [7, 11) is 1.64. The Labute approximate surface area is 161 Å². The second-order valence-electron chi connectivity index (χ2n) is 5.83. The van der Waals surface area contributed by atoms with Gasteiger partial charge in [0.25, 0.3) is 0 Å². The van der Waals surface area contributed by atoms with Gasteiger partial charge in [0.15, 0.2) is 0 Å². The highest BCUT2D eigenvalue weighted by atomic mass is 32.1. The Balaban J connectivity index is 1.69. The van der Waals surface area contributed by atoms with Crippen molar-refractivity contribution >= 4 is 34.0 Å². The minimum Gasteiger partial charge on any atom is -0.497 e. The van der Waals surface area contributed by atoms with Crippen LogP contribution in [-0.2, 0) is 20.7 Å². The molecule has 1 aromatic heterocycles. The van der Waals surface area contributed by atoms with E-state index in [4.69, 9.17) is 9.47 Å². The van der Waals surface area contributed by atoms with Crippen LogP contribution >= 0.6 is 11.3 Å². The van der Waals surface area contributed by atoms with E-state index in [2.05, 4.69) is 16.4 Å². The molecule has 0 bridgehead atoms. The smallest absolute Gasteiger partial charge is 0.325 e. The third-order valence-electron chi connectivity index (χ3n) is 3.92. The number of benzene rings is 2. The first-order valence-electron chi connectivity index (χ1n) is 8.54. The number of nitrogens with one attached hydrogen (secondary N) is 1. The Kier molecular flexibility index (Phi) is 6.03. The summed E-state index contributed by atoms with van der Waals surface area (Å²) in [5, 5.41) is 7.42. The van der Waals surface area contributed by atoms with Crippen molar-refractivity contribution in [3.05, 3.63) is 47.5 Å². The summed E-state index contributed by atoms with van der Waals surface area (Å²) in [6.07, 6.45) is 0.122. The van der Waals surface area contributed by atoms with Crippen molar-refractivity contribution in [2.75, 3.05) is 20.3 Å². The zero-order valence-electron chi connectivity index (χ0n) is 15.2. The van der Waals surface area contributed by atoms with E-state index in [1.54, 1.807) is 14.0 Å². The normalized spacial score (nSPS) is 10.6. The fraction of sp³-hybridized carbons (Fsp3) is 0.250. The second kappa shape index (κ2) is 8.64. The number of fused-ring (bicyclic) bond motifs is 1. The lowest BCUT2D eigenvalue weighted by atomic mass is 10.1. The average molecular weight is 384 g/mol. The maximum atomic E-state index is 11.9. The maximum absolute atomic E-state index is 11.9. The number of nitrogens with zero attached hydrogens (tertiary/aromatic N) is 1. The number of rotatable bonds is 7. The predicted octanol–water partition coefficient (Wildman–Crippen LogP) is 3.19. The number of ether oxygens (including phenoxy) is 2. The molecule has 0 aliphatic heterocycles. The summed E-state index contributed by atoms with van der Waals surface area (Å²) in [5.41, 5.74) is 1.65. The molecule has 2 aromatic carbocycles. The largest absolute Gasteiger partial charge is 0.497 e. The number of hydrogen-bond acceptors (Lipinski definition) is 6. The number of thiazole rings is 1. The molecule has 0 fully saturated rings. The van der Waals surface area contributed by atoms with E-state index in [-0.39, 0.29) is 18.9 Å². The van der Waals surface area contributed by atoms with Crippen LogP contribution in [0.3, 0.4) is 0 Å². The molecule has 0 radical (unpaired) electrons. The van der Waals surface area contributed by atoms with Gasteiger partial charge in [0.2, 0.25) is 5.91 Å². The van der Waals surface area contributed by atoms with Crippen LogP contribution in [0.2, 0.25) is 0 Å². The van der Waals surface area contributed by atoms with E-state index in [9.17, 15) is 9.59 Å². The van der Waals surface area contributed by atoms with Crippen LogP contribution in [0.5, 0.6) is 5.75 Å². The molecule has 0 aliphatic rings. The molecule has 27 heavy (non-hydrogen) atoms. The monoisotopic (exact) mass is 384 g/mol. The van der Waals surface area contributed by atoms with Crippen LogP contribution in [0.25, 0.3) is 21.3 Å². The Morgan fingerprint density at radius 1 is 1.15 bits per heavy atom. The SMILES string of the molecule is CCOC(=O)CNC(=O)Cc1csc(-c2ccc3ccc(OC)cc3c2)n1. The van der Waals surface area contributed by atoms with Gasteiger partial charge in [-0.1, -0.05) is 18.2 Å². The second-order valence-corrected chi connectivity index (χ2v) is 6.69. The van der Waals surface area contributed by atoms with Crippen LogP contribution in [0.4, 0.5) is 0 Å². The van der Waals surface area contributed by atoms with Gasteiger partial charge in [-0.15, -0.1) is 11.3 Å². The molecule has 0 saturated carbocycles. The minimum atomic E-state index is -0.448. The van der Waals surface area contributed by atoms with Gasteiger partial charge in [-0.25, -0.2) is 4.98 Å². The van der Waals surface area contributed by atoms with Crippen LogP contribution in [-0.4, -0.2) is 37.1 Å². The summed E-state index contributed by atoms with van der Waals surface area (Å²) < 4.78 is 10.1. The van der Waals surface area contributed by atoms with Crippen LogP contribution in [0.15, 0.2) is 41.8 Å². The third kappa shape index (κ3) is 4.83. The summed E-state index contributed by atoms with van der Waals surface area (Å²) in [5.74, 6) is 0.0947. The van der Waals surface area contributed by atoms with E-state index in [1.807, 2.05) is 35.7 Å². The molecule has 0 saturated heterocycles. The van der Waals surface area contributed by atoms with Gasteiger partial charge in [0, 0.05) is 10.9 Å². The lowest BCUT2D eigenvalue weighted by molar-refractivity contribution is -0.143. The standard InChI is InChI=1S/C20H20N2O4S/c1-3-26-19(24)11-21-18(23)10-16-12-27-20(22-16)14-5-4-13-6-7-17(25-2)9-15(13)8-14/h4-9,12H,3,10-11H2,1-2H3,(H,21,23). The summed E-state index contributed by atoms with van der Waals surface area (Å²) in [6.45, 7) is 1.89. The molecule has 0 spiro atoms. The van der Waals surface area contributed by atoms with Gasteiger partial charge in [-0.05, 0) is 35.9 Å². The van der Waals surface area contributed by atoms with E-state index in [0.717, 1.165) is 27.1 Å². The molecule has 1 amide bonds. The quantitative estimate of drug-likeness (QED) is 0.633. The molecule has 3 aromatic rings. The van der Waals surface area contributed by atoms with Crippen molar-refractivity contribution in [3.63, 3.8) is 0 Å². The number of aromatic nitrogens is 1. The van der Waals surface area contributed by atoms with Gasteiger partial charge in [-0.2, -0.15) is 0 Å². The van der Waals surface area contributed by atoms with Gasteiger partial charge >= 0.3 is 5.97 Å². The highest BCUT2D eigenvalue weighted by molar-refractivity contribution is 7.13. The van der Waals surface area contributed by atoms with Crippen molar-refractivity contribution in [2.24, 2.45) is 0 Å². The van der Waals surface area contributed by atoms with Gasteiger partial charge in [0.1, 0.15) is 17.3 Å². The third-order valence-corrected chi connectivity index (χ3v) is 4.86. The predicted molar refractivity (Wildman–Crippen MR) is 105 cm³/mol. The number of hydrogen-bond donors (Lipinski definition) is 1. The van der Waals surface area contributed by atoms with Crippen molar-refractivity contribution in [3.8, 4) is 16.3 Å². The molecule has 0 atom stereocenters. The molecular weight excluding hydrogens is 364 g/mol. The van der Waals surface area contributed by atoms with Crippen LogP contribution < -0.4 is 10.1 Å². The van der Waals surface area contributed by atoms with E-state index in [1.165, 1.54) is 11.3 Å². The lowest BCUT2D eigenvalue weighted by Crippen LogP contribution is -2.31. The molecular formula is C20H20N2O4S. The first-order chi connectivity index (χ1) is 13.1. The topological polar surface area (TPSA) is 77.5 Å². The van der Waals surface area contributed by atoms with Crippen molar-refractivity contribution in [2.45, 2.75) is 13.3 Å². The Bertz CT molecular complexity index is 968. The van der Waals surface area contributed by atoms with E-state index in [0.29, 0.717) is 12.3 Å². The van der Waals surface area contributed by atoms with Gasteiger partial charge in [0.05, 0.1) is 25.8 Å². The zero-order valence-corrected chi connectivity index (χ0v) is 16.0. The first kappa shape index (κ1) is 18.8. The molecule has 6 nitrogen and oxygen atoms in total. The number of esters is 1. The molecule has 1 heterocycles. The minimum absolute atomic E-state index is 0.122. The summed E-state index contributed by atoms with van der Waals surface area (Å²) in [4.78, 5) is 27.8. The highest BCUT2D eigenvalue weighted by Crippen LogP contribution is 2.29. The molecule has 140 valence electrons. The molecule has 7 heteroatoms. The van der Waals surface area contributed by atoms with E-state index >= 15 is 0 Å². The van der Waals surface area contributed by atoms with E-state index < -0.39 is 5.97 Å². The Morgan fingerprint density at radius 3 is 2.74 bits per heavy atom. The van der Waals surface area contributed by atoms with Gasteiger partial charge < -0.3 is 14.8 Å². The fourth-order valence-corrected chi connectivity index (χ4v) is 3.43.